The Bertz CT molecular complexity index is 1980. The van der Waals surface area contributed by atoms with Crippen LogP contribution in [0.5, 0.6) is 0 Å². The molecule has 0 saturated heterocycles. The van der Waals surface area contributed by atoms with Gasteiger partial charge in [-0.15, -0.1) is 5.10 Å². The van der Waals surface area contributed by atoms with Gasteiger partial charge in [-0.1, -0.05) is 82.7 Å². The Hall–Kier alpha value is -5.10. The number of halogens is 1. The standard InChI is InChI=1S/C38H37BrN6O4/c1-25(8-5-6-19-44-23-34(42-43-44)32(24-46)27-10-3-2-4-11-27)38(49)33-21-29(39)15-18-35(33)45(37(38)48)22-26-9-7-12-31(20-26)41-36(47)28-13-16-30(40)17-14-28/h2-5,7-18,20-21,23,25,32,46,49H,6,19,22,24,40H2,1H3,(H,41,47)/b8-5+/t25-,32?,38+/m0/s1. The van der Waals surface area contributed by atoms with E-state index < -0.39 is 17.4 Å². The zero-order valence-electron chi connectivity index (χ0n) is 26.9. The normalized spacial score (nSPS) is 16.9. The maximum atomic E-state index is 14.1. The molecule has 6 rings (SSSR count). The molecule has 0 bridgehead atoms. The van der Waals surface area contributed by atoms with Gasteiger partial charge in [0, 0.05) is 45.6 Å². The number of aliphatic hydroxyl groups is 2. The van der Waals surface area contributed by atoms with Gasteiger partial charge in [0.25, 0.3) is 11.8 Å². The number of fused-ring (bicyclic) bond motifs is 1. The van der Waals surface area contributed by atoms with Gasteiger partial charge in [0.2, 0.25) is 0 Å². The first kappa shape index (κ1) is 33.8. The van der Waals surface area contributed by atoms with Crippen LogP contribution < -0.4 is 16.0 Å². The van der Waals surface area contributed by atoms with Crippen molar-refractivity contribution < 1.29 is 19.8 Å². The lowest BCUT2D eigenvalue weighted by molar-refractivity contribution is -0.139. The molecule has 0 saturated carbocycles. The summed E-state index contributed by atoms with van der Waals surface area (Å²) in [5.74, 6) is -1.51. The number of aliphatic hydroxyl groups excluding tert-OH is 1. The van der Waals surface area contributed by atoms with Crippen molar-refractivity contribution in [3.63, 3.8) is 0 Å². The molecule has 0 fully saturated rings. The number of allylic oxidation sites excluding steroid dienone is 1. The zero-order valence-corrected chi connectivity index (χ0v) is 28.5. The third-order valence-electron chi connectivity index (χ3n) is 8.84. The number of nitrogens with two attached hydrogens (primary N) is 1. The second-order valence-electron chi connectivity index (χ2n) is 12.2. The summed E-state index contributed by atoms with van der Waals surface area (Å²) in [6.07, 6.45) is 6.23. The molecule has 2 heterocycles. The van der Waals surface area contributed by atoms with Gasteiger partial charge >= 0.3 is 0 Å². The molecule has 0 spiro atoms. The summed E-state index contributed by atoms with van der Waals surface area (Å²) < 4.78 is 2.48. The van der Waals surface area contributed by atoms with Crippen LogP contribution in [0.2, 0.25) is 0 Å². The van der Waals surface area contributed by atoms with Crippen LogP contribution in [0.3, 0.4) is 0 Å². The third kappa shape index (κ3) is 7.19. The predicted octanol–water partition coefficient (Wildman–Crippen LogP) is 6.02. The number of nitrogens with one attached hydrogen (secondary N) is 1. The second-order valence-corrected chi connectivity index (χ2v) is 13.1. The van der Waals surface area contributed by atoms with Gasteiger partial charge in [-0.3, -0.25) is 14.3 Å². The summed E-state index contributed by atoms with van der Waals surface area (Å²) in [6.45, 7) is 2.49. The minimum absolute atomic E-state index is 0.0755. The SMILES string of the molecule is C[C@@H](/C=C/CCn1cc(C(CO)c2ccccc2)nn1)[C@]1(O)C(=O)N(Cc2cccc(NC(=O)c3ccc(N)cc3)c2)c2ccc(Br)cc21. The summed E-state index contributed by atoms with van der Waals surface area (Å²) >= 11 is 3.51. The lowest BCUT2D eigenvalue weighted by atomic mass is 9.83. The zero-order chi connectivity index (χ0) is 34.5. The van der Waals surface area contributed by atoms with Crippen molar-refractivity contribution in [3.8, 4) is 0 Å². The maximum Gasteiger partial charge on any atom is 0.264 e. The summed E-state index contributed by atoms with van der Waals surface area (Å²) in [6, 6.07) is 29.1. The lowest BCUT2D eigenvalue weighted by Crippen LogP contribution is -2.44. The van der Waals surface area contributed by atoms with E-state index in [0.29, 0.717) is 46.8 Å². The molecule has 4 aromatic carbocycles. The molecule has 1 aliphatic rings. The first-order valence-electron chi connectivity index (χ1n) is 16.0. The maximum absolute atomic E-state index is 14.1. The van der Waals surface area contributed by atoms with Gasteiger partial charge < -0.3 is 26.2 Å². The summed E-state index contributed by atoms with van der Waals surface area (Å²) in [5.41, 5.74) is 9.18. The van der Waals surface area contributed by atoms with E-state index in [1.165, 1.54) is 0 Å². The number of benzene rings is 4. The van der Waals surface area contributed by atoms with Crippen molar-refractivity contribution >= 4 is 44.8 Å². The van der Waals surface area contributed by atoms with E-state index in [1.54, 1.807) is 46.0 Å². The molecule has 5 aromatic rings. The monoisotopic (exact) mass is 720 g/mol. The van der Waals surface area contributed by atoms with E-state index in [-0.39, 0.29) is 25.0 Å². The fourth-order valence-corrected chi connectivity index (χ4v) is 6.49. The summed E-state index contributed by atoms with van der Waals surface area (Å²) in [4.78, 5) is 28.5. The highest BCUT2D eigenvalue weighted by atomic mass is 79.9. The van der Waals surface area contributed by atoms with E-state index in [1.807, 2.05) is 85.9 Å². The minimum atomic E-state index is -1.79. The number of carbonyl (C=O) groups is 2. The van der Waals surface area contributed by atoms with Crippen molar-refractivity contribution in [2.24, 2.45) is 5.92 Å². The Kier molecular flexibility index (Phi) is 10.0. The molecule has 1 unspecified atom stereocenters. The highest BCUT2D eigenvalue weighted by Gasteiger charge is 2.52. The molecule has 3 atom stereocenters. The predicted molar refractivity (Wildman–Crippen MR) is 193 cm³/mol. The third-order valence-corrected chi connectivity index (χ3v) is 9.33. The first-order chi connectivity index (χ1) is 23.7. The van der Waals surface area contributed by atoms with Crippen molar-refractivity contribution in [1.82, 2.24) is 15.0 Å². The quantitative estimate of drug-likeness (QED) is 0.0911. The van der Waals surface area contributed by atoms with E-state index in [9.17, 15) is 19.8 Å². The number of amides is 2. The number of nitrogens with zero attached hydrogens (tertiary/aromatic N) is 4. The highest BCUT2D eigenvalue weighted by Crippen LogP contribution is 2.46. The van der Waals surface area contributed by atoms with Crippen LogP contribution in [0.4, 0.5) is 17.1 Å². The van der Waals surface area contributed by atoms with Crippen molar-refractivity contribution in [2.75, 3.05) is 22.6 Å². The molecule has 1 aromatic heterocycles. The van der Waals surface area contributed by atoms with Gasteiger partial charge in [0.15, 0.2) is 5.60 Å². The Morgan fingerprint density at radius 2 is 1.82 bits per heavy atom. The molecule has 10 nitrogen and oxygen atoms in total. The number of hydrogen-bond acceptors (Lipinski definition) is 7. The Morgan fingerprint density at radius 3 is 2.57 bits per heavy atom. The van der Waals surface area contributed by atoms with Crippen LogP contribution in [0.25, 0.3) is 0 Å². The number of aryl methyl sites for hydroxylation is 1. The number of aromatic nitrogens is 3. The summed E-state index contributed by atoms with van der Waals surface area (Å²) in [7, 11) is 0. The Labute approximate surface area is 293 Å². The fourth-order valence-electron chi connectivity index (χ4n) is 6.13. The van der Waals surface area contributed by atoms with Crippen LogP contribution >= 0.6 is 15.9 Å². The van der Waals surface area contributed by atoms with Gasteiger partial charge in [-0.05, 0) is 72.1 Å². The Balaban J connectivity index is 1.14. The number of rotatable bonds is 12. The topological polar surface area (TPSA) is 147 Å². The first-order valence-corrected chi connectivity index (χ1v) is 16.8. The van der Waals surface area contributed by atoms with E-state index in [4.69, 9.17) is 5.73 Å². The van der Waals surface area contributed by atoms with Crippen LogP contribution in [0.15, 0.2) is 120 Å². The molecule has 49 heavy (non-hydrogen) atoms. The van der Waals surface area contributed by atoms with Crippen LogP contribution in [-0.2, 0) is 23.5 Å². The molecular formula is C38H37BrN6O4. The summed E-state index contributed by atoms with van der Waals surface area (Å²) in [5, 5.41) is 33.5. The largest absolute Gasteiger partial charge is 0.399 e. The molecule has 0 radical (unpaired) electrons. The van der Waals surface area contributed by atoms with Crippen molar-refractivity contribution in [3.05, 3.63) is 148 Å². The van der Waals surface area contributed by atoms with E-state index in [0.717, 1.165) is 15.6 Å². The number of hydrogen-bond donors (Lipinski definition) is 4. The van der Waals surface area contributed by atoms with Crippen LogP contribution in [-0.4, -0.2) is 43.6 Å². The van der Waals surface area contributed by atoms with Gasteiger partial charge in [0.1, 0.15) is 0 Å². The molecule has 5 N–H and O–H groups in total. The second kappa shape index (κ2) is 14.6. The van der Waals surface area contributed by atoms with E-state index >= 15 is 0 Å². The Morgan fingerprint density at radius 1 is 1.04 bits per heavy atom. The molecule has 1 aliphatic heterocycles. The number of nitrogen functional groups attached to an aromatic ring is 1. The lowest BCUT2D eigenvalue weighted by Gasteiger charge is -2.28. The van der Waals surface area contributed by atoms with E-state index in [2.05, 4.69) is 31.6 Å². The van der Waals surface area contributed by atoms with Gasteiger partial charge in [-0.2, -0.15) is 0 Å². The number of anilines is 3. The van der Waals surface area contributed by atoms with Gasteiger partial charge in [-0.25, -0.2) is 0 Å². The molecule has 11 heteroatoms. The minimum Gasteiger partial charge on any atom is -0.399 e. The van der Waals surface area contributed by atoms with Gasteiger partial charge in [0.05, 0.1) is 30.5 Å². The molecular weight excluding hydrogens is 684 g/mol. The van der Waals surface area contributed by atoms with Crippen molar-refractivity contribution in [2.45, 2.75) is 38.0 Å². The average molecular weight is 722 g/mol. The average Bonchev–Trinajstić information content (AvgIpc) is 3.65. The molecule has 250 valence electrons. The molecule has 2 amide bonds. The fraction of sp³-hybridized carbons (Fsp3) is 0.211. The molecule has 0 aliphatic carbocycles. The van der Waals surface area contributed by atoms with Crippen molar-refractivity contribution in [1.29, 1.82) is 0 Å². The van der Waals surface area contributed by atoms with Crippen LogP contribution in [0, 0.1) is 5.92 Å². The smallest absolute Gasteiger partial charge is 0.264 e. The number of carbonyl (C=O) groups excluding carboxylic acids is 2. The highest BCUT2D eigenvalue weighted by molar-refractivity contribution is 9.10. The van der Waals surface area contributed by atoms with Crippen LogP contribution in [0.1, 0.15) is 52.0 Å².